The summed E-state index contributed by atoms with van der Waals surface area (Å²) in [6, 6.07) is 13.1. The maximum atomic E-state index is 12.2. The number of carbonyl (C=O) groups excluding carboxylic acids is 2. The molecule has 0 bridgehead atoms. The zero-order valence-corrected chi connectivity index (χ0v) is 13.2. The van der Waals surface area contributed by atoms with E-state index in [-0.39, 0.29) is 11.9 Å². The van der Waals surface area contributed by atoms with Gasteiger partial charge in [-0.25, -0.2) is 4.79 Å². The number of esters is 1. The molecule has 1 aliphatic carbocycles. The number of hydrogen-bond acceptors (Lipinski definition) is 4. The number of ether oxygens (including phenoxy) is 2. The van der Waals surface area contributed by atoms with Crippen LogP contribution in [-0.4, -0.2) is 18.0 Å². The summed E-state index contributed by atoms with van der Waals surface area (Å²) in [5.41, 5.74) is 5.92. The average molecular weight is 325 g/mol. The first-order valence-corrected chi connectivity index (χ1v) is 8.00. The number of benzene rings is 2. The summed E-state index contributed by atoms with van der Waals surface area (Å²) in [5, 5.41) is 0. The highest BCUT2D eigenvalue weighted by molar-refractivity contribution is 5.94. The van der Waals surface area contributed by atoms with Gasteiger partial charge in [0.25, 0.3) is 0 Å². The predicted molar refractivity (Wildman–Crippen MR) is 89.2 cm³/mol. The van der Waals surface area contributed by atoms with E-state index in [1.807, 2.05) is 0 Å². The lowest BCUT2D eigenvalue weighted by atomic mass is 10.2. The van der Waals surface area contributed by atoms with Crippen LogP contribution in [-0.2, 0) is 0 Å². The number of hydrogen-bond donors (Lipinski definition) is 1. The number of carbonyl (C=O) groups is 2. The lowest BCUT2D eigenvalue weighted by Crippen LogP contribution is -2.13. The molecule has 2 aromatic carbocycles. The maximum absolute atomic E-state index is 12.2. The molecule has 0 saturated heterocycles. The summed E-state index contributed by atoms with van der Waals surface area (Å²) in [7, 11) is 0. The molecule has 5 nitrogen and oxygen atoms in total. The van der Waals surface area contributed by atoms with Crippen molar-refractivity contribution in [1.29, 1.82) is 0 Å². The molecule has 0 unspecified atom stereocenters. The molecule has 2 N–H and O–H groups in total. The highest BCUT2D eigenvalue weighted by Crippen LogP contribution is 2.24. The normalized spacial score (nSPS) is 14.3. The number of rotatable bonds is 5. The van der Waals surface area contributed by atoms with E-state index in [1.165, 1.54) is 18.9 Å². The van der Waals surface area contributed by atoms with Gasteiger partial charge >= 0.3 is 5.97 Å². The molecule has 0 spiro atoms. The Morgan fingerprint density at radius 3 is 2.29 bits per heavy atom. The van der Waals surface area contributed by atoms with Crippen molar-refractivity contribution in [3.05, 3.63) is 59.7 Å². The number of nitrogens with two attached hydrogens (primary N) is 1. The molecule has 124 valence electrons. The number of primary amides is 1. The van der Waals surface area contributed by atoms with Gasteiger partial charge in [-0.05, 0) is 68.1 Å². The fourth-order valence-corrected chi connectivity index (χ4v) is 2.75. The van der Waals surface area contributed by atoms with E-state index in [9.17, 15) is 9.59 Å². The Hall–Kier alpha value is -2.82. The van der Waals surface area contributed by atoms with Gasteiger partial charge in [-0.1, -0.05) is 6.07 Å². The average Bonchev–Trinajstić information content (AvgIpc) is 3.08. The second-order valence-corrected chi connectivity index (χ2v) is 5.83. The van der Waals surface area contributed by atoms with E-state index in [0.717, 1.165) is 18.6 Å². The van der Waals surface area contributed by atoms with E-state index in [0.29, 0.717) is 11.1 Å². The van der Waals surface area contributed by atoms with Crippen molar-refractivity contribution in [2.24, 2.45) is 5.73 Å². The van der Waals surface area contributed by atoms with Crippen LogP contribution >= 0.6 is 0 Å². The fraction of sp³-hybridized carbons (Fsp3) is 0.263. The maximum Gasteiger partial charge on any atom is 0.343 e. The Balaban J connectivity index is 1.64. The Labute approximate surface area is 140 Å². The van der Waals surface area contributed by atoms with Crippen molar-refractivity contribution >= 4 is 11.9 Å². The standard InChI is InChI=1S/C19H19NO4/c20-18(21)14-4-3-7-17(12-14)24-19(22)13-8-10-16(11-9-13)23-15-5-1-2-6-15/h3-4,7-12,15H,1-2,5-6H2,(H2,20,21). The fourth-order valence-electron chi connectivity index (χ4n) is 2.75. The zero-order valence-electron chi connectivity index (χ0n) is 13.2. The highest BCUT2D eigenvalue weighted by atomic mass is 16.5. The molecule has 24 heavy (non-hydrogen) atoms. The molecule has 1 aliphatic rings. The van der Waals surface area contributed by atoms with Gasteiger partial charge < -0.3 is 15.2 Å². The zero-order chi connectivity index (χ0) is 16.9. The second-order valence-electron chi connectivity index (χ2n) is 5.83. The molecule has 3 rings (SSSR count). The van der Waals surface area contributed by atoms with E-state index in [1.54, 1.807) is 42.5 Å². The largest absolute Gasteiger partial charge is 0.490 e. The Bertz CT molecular complexity index is 733. The molecule has 0 aromatic heterocycles. The van der Waals surface area contributed by atoms with Crippen molar-refractivity contribution in [3.8, 4) is 11.5 Å². The van der Waals surface area contributed by atoms with Gasteiger partial charge in [0.05, 0.1) is 11.7 Å². The van der Waals surface area contributed by atoms with E-state index in [4.69, 9.17) is 15.2 Å². The summed E-state index contributed by atoms with van der Waals surface area (Å²) in [4.78, 5) is 23.3. The van der Waals surface area contributed by atoms with Crippen molar-refractivity contribution < 1.29 is 19.1 Å². The first-order valence-electron chi connectivity index (χ1n) is 8.00. The third kappa shape index (κ3) is 3.93. The molecule has 1 fully saturated rings. The van der Waals surface area contributed by atoms with Crippen LogP contribution in [0.25, 0.3) is 0 Å². The van der Waals surface area contributed by atoms with Gasteiger partial charge in [-0.15, -0.1) is 0 Å². The molecule has 0 radical (unpaired) electrons. The van der Waals surface area contributed by atoms with Crippen molar-refractivity contribution in [2.75, 3.05) is 0 Å². The summed E-state index contributed by atoms with van der Waals surface area (Å²) in [5.74, 6) is -0.0258. The monoisotopic (exact) mass is 325 g/mol. The summed E-state index contributed by atoms with van der Waals surface area (Å²) in [6.45, 7) is 0. The lowest BCUT2D eigenvalue weighted by molar-refractivity contribution is 0.0733. The van der Waals surface area contributed by atoms with E-state index in [2.05, 4.69) is 0 Å². The van der Waals surface area contributed by atoms with Crippen LogP contribution in [0.5, 0.6) is 11.5 Å². The first-order chi connectivity index (χ1) is 11.6. The third-order valence-corrected chi connectivity index (χ3v) is 4.02. The summed E-state index contributed by atoms with van der Waals surface area (Å²) >= 11 is 0. The summed E-state index contributed by atoms with van der Waals surface area (Å²) < 4.78 is 11.1. The molecule has 1 amide bonds. The van der Waals surface area contributed by atoms with Crippen molar-refractivity contribution in [2.45, 2.75) is 31.8 Å². The second kappa shape index (κ2) is 7.17. The predicted octanol–water partition coefficient (Wildman–Crippen LogP) is 3.33. The van der Waals surface area contributed by atoms with Crippen LogP contribution in [0, 0.1) is 0 Å². The number of amides is 1. The van der Waals surface area contributed by atoms with Gasteiger partial charge in [0.15, 0.2) is 0 Å². The van der Waals surface area contributed by atoms with Gasteiger partial charge in [0, 0.05) is 5.56 Å². The lowest BCUT2D eigenvalue weighted by Gasteiger charge is -2.13. The van der Waals surface area contributed by atoms with Gasteiger partial charge in [-0.2, -0.15) is 0 Å². The molecule has 5 heteroatoms. The van der Waals surface area contributed by atoms with Crippen molar-refractivity contribution in [1.82, 2.24) is 0 Å². The summed E-state index contributed by atoms with van der Waals surface area (Å²) in [6.07, 6.45) is 4.86. The van der Waals surface area contributed by atoms with Crippen LogP contribution in [0.4, 0.5) is 0 Å². The van der Waals surface area contributed by atoms with Crippen molar-refractivity contribution in [3.63, 3.8) is 0 Å². The molecule has 0 aliphatic heterocycles. The highest BCUT2D eigenvalue weighted by Gasteiger charge is 2.17. The van der Waals surface area contributed by atoms with Crippen LogP contribution in [0.15, 0.2) is 48.5 Å². The topological polar surface area (TPSA) is 78.6 Å². The minimum Gasteiger partial charge on any atom is -0.490 e. The SMILES string of the molecule is NC(=O)c1cccc(OC(=O)c2ccc(OC3CCCC3)cc2)c1. The first kappa shape index (κ1) is 16.1. The van der Waals surface area contributed by atoms with Gasteiger partial charge in [0.1, 0.15) is 11.5 Å². The van der Waals surface area contributed by atoms with E-state index < -0.39 is 11.9 Å². The molecular formula is C19H19NO4. The molecule has 2 aromatic rings. The van der Waals surface area contributed by atoms with Crippen LogP contribution in [0.2, 0.25) is 0 Å². The third-order valence-electron chi connectivity index (χ3n) is 4.02. The van der Waals surface area contributed by atoms with Crippen LogP contribution in [0.3, 0.4) is 0 Å². The molecular weight excluding hydrogens is 306 g/mol. The van der Waals surface area contributed by atoms with Gasteiger partial charge in [0.2, 0.25) is 5.91 Å². The quantitative estimate of drug-likeness (QED) is 0.675. The molecule has 0 heterocycles. The smallest absolute Gasteiger partial charge is 0.343 e. The minimum atomic E-state index is -0.568. The molecule has 1 saturated carbocycles. The minimum absolute atomic E-state index is 0.277. The Morgan fingerprint density at radius 2 is 1.62 bits per heavy atom. The van der Waals surface area contributed by atoms with Crippen LogP contribution in [0.1, 0.15) is 46.4 Å². The van der Waals surface area contributed by atoms with Gasteiger partial charge in [-0.3, -0.25) is 4.79 Å². The Morgan fingerprint density at radius 1 is 0.917 bits per heavy atom. The van der Waals surface area contributed by atoms with E-state index >= 15 is 0 Å². The Kier molecular flexibility index (Phi) is 4.79. The molecule has 0 atom stereocenters. The van der Waals surface area contributed by atoms with Crippen LogP contribution < -0.4 is 15.2 Å².